The van der Waals surface area contributed by atoms with Crippen molar-refractivity contribution in [3.63, 3.8) is 0 Å². The standard InChI is InChI=1S/C16H21N/c1-3-4-10-16-12-11-14(2)17(16)13-15-8-6-5-7-9-15/h5-9,11-12H,3-4,10,13H2,1-2H3. The minimum absolute atomic E-state index is 0.999. The van der Waals surface area contributed by atoms with Gasteiger partial charge in [-0.25, -0.2) is 0 Å². The first-order valence-corrected chi connectivity index (χ1v) is 6.50. The summed E-state index contributed by atoms with van der Waals surface area (Å²) in [5, 5.41) is 0. The van der Waals surface area contributed by atoms with Gasteiger partial charge in [0.15, 0.2) is 0 Å². The van der Waals surface area contributed by atoms with Gasteiger partial charge in [-0.05, 0) is 37.5 Å². The van der Waals surface area contributed by atoms with E-state index in [4.69, 9.17) is 0 Å². The summed E-state index contributed by atoms with van der Waals surface area (Å²) in [5.74, 6) is 0. The van der Waals surface area contributed by atoms with Gasteiger partial charge in [0, 0.05) is 17.9 Å². The second kappa shape index (κ2) is 5.72. The lowest BCUT2D eigenvalue weighted by Gasteiger charge is -2.11. The third-order valence-corrected chi connectivity index (χ3v) is 3.26. The summed E-state index contributed by atoms with van der Waals surface area (Å²) in [7, 11) is 0. The van der Waals surface area contributed by atoms with Crippen molar-refractivity contribution in [3.8, 4) is 0 Å². The molecular weight excluding hydrogens is 206 g/mol. The van der Waals surface area contributed by atoms with E-state index in [0.29, 0.717) is 0 Å². The smallest absolute Gasteiger partial charge is 0.0475 e. The van der Waals surface area contributed by atoms with Crippen LogP contribution in [0.2, 0.25) is 0 Å². The lowest BCUT2D eigenvalue weighted by molar-refractivity contribution is 0.683. The van der Waals surface area contributed by atoms with Crippen molar-refractivity contribution in [2.75, 3.05) is 0 Å². The molecule has 1 nitrogen and oxygen atoms in total. The monoisotopic (exact) mass is 227 g/mol. The van der Waals surface area contributed by atoms with E-state index in [1.807, 2.05) is 0 Å². The van der Waals surface area contributed by atoms with Crippen LogP contribution in [0.25, 0.3) is 0 Å². The van der Waals surface area contributed by atoms with E-state index in [1.54, 1.807) is 0 Å². The largest absolute Gasteiger partial charge is 0.345 e. The molecule has 0 aliphatic heterocycles. The van der Waals surface area contributed by atoms with E-state index in [-0.39, 0.29) is 0 Å². The minimum Gasteiger partial charge on any atom is -0.345 e. The molecule has 0 radical (unpaired) electrons. The normalized spacial score (nSPS) is 10.7. The fourth-order valence-electron chi connectivity index (χ4n) is 2.19. The van der Waals surface area contributed by atoms with E-state index in [9.17, 15) is 0 Å². The molecule has 0 bridgehead atoms. The van der Waals surface area contributed by atoms with Crippen molar-refractivity contribution in [2.24, 2.45) is 0 Å². The predicted octanol–water partition coefficient (Wildman–Crippen LogP) is 4.19. The molecule has 0 saturated heterocycles. The molecule has 0 fully saturated rings. The third-order valence-electron chi connectivity index (χ3n) is 3.26. The highest BCUT2D eigenvalue weighted by atomic mass is 15.0. The maximum atomic E-state index is 2.44. The van der Waals surface area contributed by atoms with E-state index in [2.05, 4.69) is 60.9 Å². The Morgan fingerprint density at radius 1 is 1.00 bits per heavy atom. The van der Waals surface area contributed by atoms with E-state index in [0.717, 1.165) is 6.54 Å². The summed E-state index contributed by atoms with van der Waals surface area (Å²) >= 11 is 0. The van der Waals surface area contributed by atoms with Crippen LogP contribution in [-0.4, -0.2) is 4.57 Å². The summed E-state index contributed by atoms with van der Waals surface area (Å²) in [4.78, 5) is 0. The summed E-state index contributed by atoms with van der Waals surface area (Å²) in [5.41, 5.74) is 4.21. The number of rotatable bonds is 5. The molecule has 90 valence electrons. The maximum absolute atomic E-state index is 2.44. The molecule has 0 atom stereocenters. The van der Waals surface area contributed by atoms with Gasteiger partial charge in [-0.15, -0.1) is 0 Å². The van der Waals surface area contributed by atoms with Crippen LogP contribution in [0.3, 0.4) is 0 Å². The Labute approximate surface area is 104 Å². The van der Waals surface area contributed by atoms with Crippen molar-refractivity contribution in [1.82, 2.24) is 4.57 Å². The molecule has 1 heterocycles. The third kappa shape index (κ3) is 3.00. The van der Waals surface area contributed by atoms with E-state index in [1.165, 1.54) is 36.2 Å². The topological polar surface area (TPSA) is 4.93 Å². The molecular formula is C16H21N. The van der Waals surface area contributed by atoms with Crippen LogP contribution in [0.15, 0.2) is 42.5 Å². The Kier molecular flexibility index (Phi) is 4.03. The molecule has 17 heavy (non-hydrogen) atoms. The SMILES string of the molecule is CCCCc1ccc(C)n1Cc1ccccc1. The van der Waals surface area contributed by atoms with Crippen molar-refractivity contribution >= 4 is 0 Å². The number of aromatic nitrogens is 1. The van der Waals surface area contributed by atoms with Crippen LogP contribution in [0, 0.1) is 6.92 Å². The first kappa shape index (κ1) is 12.0. The molecule has 0 aliphatic rings. The molecule has 0 N–H and O–H groups in total. The van der Waals surface area contributed by atoms with Crippen LogP contribution >= 0.6 is 0 Å². The van der Waals surface area contributed by atoms with Crippen LogP contribution < -0.4 is 0 Å². The van der Waals surface area contributed by atoms with Crippen molar-refractivity contribution in [2.45, 2.75) is 39.7 Å². The number of hydrogen-bond donors (Lipinski definition) is 0. The molecule has 0 amide bonds. The first-order chi connectivity index (χ1) is 8.31. The van der Waals surface area contributed by atoms with Gasteiger partial charge in [0.25, 0.3) is 0 Å². The summed E-state index contributed by atoms with van der Waals surface area (Å²) in [6, 6.07) is 15.2. The Morgan fingerprint density at radius 3 is 2.47 bits per heavy atom. The quantitative estimate of drug-likeness (QED) is 0.722. The number of hydrogen-bond acceptors (Lipinski definition) is 0. The van der Waals surface area contributed by atoms with Gasteiger partial charge in [-0.1, -0.05) is 43.7 Å². The van der Waals surface area contributed by atoms with E-state index < -0.39 is 0 Å². The highest BCUT2D eigenvalue weighted by molar-refractivity contribution is 5.21. The van der Waals surface area contributed by atoms with Gasteiger partial charge in [-0.3, -0.25) is 0 Å². The van der Waals surface area contributed by atoms with Gasteiger partial charge in [0.2, 0.25) is 0 Å². The van der Waals surface area contributed by atoms with Crippen LogP contribution in [0.4, 0.5) is 0 Å². The molecule has 2 rings (SSSR count). The molecule has 0 unspecified atom stereocenters. The van der Waals surface area contributed by atoms with E-state index >= 15 is 0 Å². The molecule has 1 aromatic heterocycles. The van der Waals surface area contributed by atoms with Gasteiger partial charge in [0.05, 0.1) is 0 Å². The predicted molar refractivity (Wildman–Crippen MR) is 73.3 cm³/mol. The van der Waals surface area contributed by atoms with Crippen molar-refractivity contribution in [3.05, 3.63) is 59.4 Å². The summed E-state index contributed by atoms with van der Waals surface area (Å²) in [6.07, 6.45) is 3.73. The molecule has 2 aromatic rings. The van der Waals surface area contributed by atoms with Crippen LogP contribution in [0.1, 0.15) is 36.7 Å². The number of nitrogens with zero attached hydrogens (tertiary/aromatic N) is 1. The highest BCUT2D eigenvalue weighted by Crippen LogP contribution is 2.14. The number of aryl methyl sites for hydroxylation is 2. The summed E-state index contributed by atoms with van der Waals surface area (Å²) < 4.78 is 2.44. The second-order valence-corrected chi connectivity index (χ2v) is 4.64. The second-order valence-electron chi connectivity index (χ2n) is 4.64. The highest BCUT2D eigenvalue weighted by Gasteiger charge is 2.05. The molecule has 1 aromatic carbocycles. The van der Waals surface area contributed by atoms with Gasteiger partial charge in [0.1, 0.15) is 0 Å². The Hall–Kier alpha value is -1.50. The average molecular weight is 227 g/mol. The van der Waals surface area contributed by atoms with Crippen LogP contribution in [0.5, 0.6) is 0 Å². The number of unbranched alkanes of at least 4 members (excludes halogenated alkanes) is 1. The van der Waals surface area contributed by atoms with Gasteiger partial charge < -0.3 is 4.57 Å². The molecule has 0 spiro atoms. The molecule has 0 aliphatic carbocycles. The zero-order valence-electron chi connectivity index (χ0n) is 10.8. The van der Waals surface area contributed by atoms with Crippen molar-refractivity contribution < 1.29 is 0 Å². The maximum Gasteiger partial charge on any atom is 0.0475 e. The lowest BCUT2D eigenvalue weighted by Crippen LogP contribution is -2.06. The average Bonchev–Trinajstić information content (AvgIpc) is 2.70. The molecule has 0 saturated carbocycles. The fraction of sp³-hybridized carbons (Fsp3) is 0.375. The lowest BCUT2D eigenvalue weighted by atomic mass is 10.2. The first-order valence-electron chi connectivity index (χ1n) is 6.50. The zero-order chi connectivity index (χ0) is 12.1. The van der Waals surface area contributed by atoms with Gasteiger partial charge in [-0.2, -0.15) is 0 Å². The zero-order valence-corrected chi connectivity index (χ0v) is 10.8. The van der Waals surface area contributed by atoms with Crippen LogP contribution in [-0.2, 0) is 13.0 Å². The minimum atomic E-state index is 0.999. The Balaban J connectivity index is 2.17. The van der Waals surface area contributed by atoms with Gasteiger partial charge >= 0.3 is 0 Å². The Morgan fingerprint density at radius 2 is 1.76 bits per heavy atom. The number of benzene rings is 1. The summed E-state index contributed by atoms with van der Waals surface area (Å²) in [6.45, 7) is 5.44. The Bertz CT molecular complexity index is 454. The fourth-order valence-corrected chi connectivity index (χ4v) is 2.19. The molecule has 1 heteroatoms. The van der Waals surface area contributed by atoms with Crippen molar-refractivity contribution in [1.29, 1.82) is 0 Å².